The molecule has 1 aliphatic heterocycles. The average Bonchev–Trinajstić information content (AvgIpc) is 2.94. The minimum Gasteiger partial charge on any atom is -0.508 e. The Bertz CT molecular complexity index is 1040. The molecule has 2 atom stereocenters. The highest BCUT2D eigenvalue weighted by atomic mass is 16.3. The second-order valence-electron chi connectivity index (χ2n) is 8.64. The van der Waals surface area contributed by atoms with Gasteiger partial charge in [0, 0.05) is 41.4 Å². The number of phenolic OH excluding ortho intramolecular Hbond substituents is 1. The second kappa shape index (κ2) is 5.60. The van der Waals surface area contributed by atoms with E-state index in [1.54, 1.807) is 6.07 Å². The van der Waals surface area contributed by atoms with E-state index in [0.717, 1.165) is 30.5 Å². The van der Waals surface area contributed by atoms with Gasteiger partial charge in [-0.1, -0.05) is 24.3 Å². The zero-order valence-electron chi connectivity index (χ0n) is 15.9. The van der Waals surface area contributed by atoms with Gasteiger partial charge in [-0.3, -0.25) is 0 Å². The number of rotatable bonds is 1. The van der Waals surface area contributed by atoms with Gasteiger partial charge in [0.25, 0.3) is 0 Å². The maximum absolute atomic E-state index is 12.0. The normalized spacial score (nSPS) is 28.1. The first-order chi connectivity index (χ1) is 12.9. The molecule has 1 fully saturated rings. The molecule has 1 saturated heterocycles. The molecular weight excluding hydrogens is 336 g/mol. The minimum absolute atomic E-state index is 0.265. The summed E-state index contributed by atoms with van der Waals surface area (Å²) in [6.07, 6.45) is 2.27. The number of likely N-dealkylation sites (N-methyl/N-ethyl adjacent to an activating group) is 1. The van der Waals surface area contributed by atoms with Crippen molar-refractivity contribution in [2.24, 2.45) is 0 Å². The van der Waals surface area contributed by atoms with Gasteiger partial charge < -0.3 is 20.1 Å². The molecule has 1 aromatic heterocycles. The second-order valence-corrected chi connectivity index (χ2v) is 8.64. The Labute approximate surface area is 159 Å². The van der Waals surface area contributed by atoms with E-state index in [0.29, 0.717) is 13.0 Å². The number of hydrogen-bond acceptors (Lipinski definition) is 3. The fraction of sp³-hybridized carbons (Fsp3) is 0.391. The molecule has 2 heterocycles. The zero-order valence-corrected chi connectivity index (χ0v) is 15.9. The Hall–Kier alpha value is -2.30. The van der Waals surface area contributed by atoms with Crippen molar-refractivity contribution in [3.05, 3.63) is 64.8 Å². The number of benzene rings is 2. The summed E-state index contributed by atoms with van der Waals surface area (Å²) in [5.74, 6) is 0.265. The van der Waals surface area contributed by atoms with Crippen LogP contribution in [-0.4, -0.2) is 45.8 Å². The summed E-state index contributed by atoms with van der Waals surface area (Å²) in [6, 6.07) is 14.0. The molecule has 0 saturated carbocycles. The molecular formula is C23H26N2O2. The molecule has 2 aliphatic rings. The van der Waals surface area contributed by atoms with Crippen LogP contribution in [0.4, 0.5) is 0 Å². The predicted octanol–water partition coefficient (Wildman–Crippen LogP) is 3.29. The summed E-state index contributed by atoms with van der Waals surface area (Å²) in [6.45, 7) is 3.68. The maximum Gasteiger partial charge on any atom is 0.115 e. The monoisotopic (exact) mass is 362 g/mol. The van der Waals surface area contributed by atoms with Gasteiger partial charge in [-0.25, -0.2) is 0 Å². The fourth-order valence-electron chi connectivity index (χ4n) is 5.46. The highest BCUT2D eigenvalue weighted by Gasteiger charge is 2.57. The Morgan fingerprint density at radius 2 is 1.96 bits per heavy atom. The highest BCUT2D eigenvalue weighted by molar-refractivity contribution is 5.86. The van der Waals surface area contributed by atoms with Crippen LogP contribution in [0.2, 0.25) is 0 Å². The number of aromatic hydroxyl groups is 1. The van der Waals surface area contributed by atoms with Gasteiger partial charge in [0.1, 0.15) is 5.75 Å². The van der Waals surface area contributed by atoms with Crippen LogP contribution in [0.5, 0.6) is 5.75 Å². The van der Waals surface area contributed by atoms with Gasteiger partial charge in [0.15, 0.2) is 0 Å². The first-order valence-electron chi connectivity index (χ1n) is 9.71. The van der Waals surface area contributed by atoms with Gasteiger partial charge in [0.05, 0.1) is 5.60 Å². The number of aromatic nitrogens is 1. The lowest BCUT2D eigenvalue weighted by molar-refractivity contribution is -0.0972. The van der Waals surface area contributed by atoms with Crippen molar-refractivity contribution in [3.63, 3.8) is 0 Å². The number of piperidine rings is 1. The van der Waals surface area contributed by atoms with Crippen LogP contribution >= 0.6 is 0 Å². The SMILES string of the molecule is Cc1ccc2c3c([nH]c2c1)CC1(c2cccc(O)c2)CCN(C)CC1(O)C3. The van der Waals surface area contributed by atoms with Crippen molar-refractivity contribution in [2.45, 2.75) is 37.2 Å². The van der Waals surface area contributed by atoms with Crippen LogP contribution < -0.4 is 0 Å². The van der Waals surface area contributed by atoms with Gasteiger partial charge in [0.2, 0.25) is 0 Å². The Morgan fingerprint density at radius 3 is 2.78 bits per heavy atom. The number of H-pyrrole nitrogens is 1. The number of phenols is 1. The number of nitrogens with one attached hydrogen (secondary N) is 1. The third kappa shape index (κ3) is 2.36. The molecule has 3 N–H and O–H groups in total. The lowest BCUT2D eigenvalue weighted by atomic mass is 9.56. The van der Waals surface area contributed by atoms with Gasteiger partial charge in [-0.2, -0.15) is 0 Å². The average molecular weight is 362 g/mol. The molecule has 3 aromatic rings. The Morgan fingerprint density at radius 1 is 1.11 bits per heavy atom. The van der Waals surface area contributed by atoms with Crippen LogP contribution in [0.3, 0.4) is 0 Å². The Balaban J connectivity index is 1.73. The number of β-amino-alcohol motifs (C(OH)–C–C–N with tert-alkyl or cyclic N) is 1. The molecule has 5 rings (SSSR count). The number of hydrogen-bond donors (Lipinski definition) is 3. The highest BCUT2D eigenvalue weighted by Crippen LogP contribution is 2.51. The summed E-state index contributed by atoms with van der Waals surface area (Å²) >= 11 is 0. The summed E-state index contributed by atoms with van der Waals surface area (Å²) in [7, 11) is 2.08. The molecule has 0 spiro atoms. The Kier molecular flexibility index (Phi) is 3.49. The molecule has 4 nitrogen and oxygen atoms in total. The summed E-state index contributed by atoms with van der Waals surface area (Å²) < 4.78 is 0. The molecule has 1 aliphatic carbocycles. The van der Waals surface area contributed by atoms with Gasteiger partial charge in [-0.15, -0.1) is 0 Å². The first-order valence-corrected chi connectivity index (χ1v) is 9.71. The smallest absolute Gasteiger partial charge is 0.115 e. The van der Waals surface area contributed by atoms with E-state index < -0.39 is 5.60 Å². The van der Waals surface area contributed by atoms with Crippen molar-refractivity contribution in [1.82, 2.24) is 9.88 Å². The van der Waals surface area contributed by atoms with Crippen LogP contribution in [0.1, 0.15) is 28.8 Å². The van der Waals surface area contributed by atoms with Crippen LogP contribution in [0, 0.1) is 6.92 Å². The van der Waals surface area contributed by atoms with E-state index in [1.165, 1.54) is 22.2 Å². The van der Waals surface area contributed by atoms with E-state index in [9.17, 15) is 10.2 Å². The quantitative estimate of drug-likeness (QED) is 0.623. The maximum atomic E-state index is 12.0. The van der Waals surface area contributed by atoms with E-state index in [2.05, 4.69) is 48.1 Å². The van der Waals surface area contributed by atoms with Crippen LogP contribution in [-0.2, 0) is 18.3 Å². The first kappa shape index (κ1) is 16.8. The summed E-state index contributed by atoms with van der Waals surface area (Å²) in [4.78, 5) is 5.87. The van der Waals surface area contributed by atoms with Gasteiger partial charge >= 0.3 is 0 Å². The standard InChI is InChI=1S/C23H26N2O2/c1-15-6-7-18-19-12-23(27)14-25(2)9-8-22(23,13-21(19)24-20(18)10-15)16-4-3-5-17(26)11-16/h3-7,10-11,24,26-27H,8-9,12-14H2,1-2H3. The van der Waals surface area contributed by atoms with E-state index in [4.69, 9.17) is 0 Å². The molecule has 4 heteroatoms. The van der Waals surface area contributed by atoms with E-state index >= 15 is 0 Å². The largest absolute Gasteiger partial charge is 0.508 e. The minimum atomic E-state index is -0.860. The van der Waals surface area contributed by atoms with Crippen molar-refractivity contribution in [1.29, 1.82) is 0 Å². The third-order valence-electron chi connectivity index (χ3n) is 6.84. The number of likely N-dealkylation sites (tertiary alicyclic amines) is 1. The lowest BCUT2D eigenvalue weighted by Gasteiger charge is -2.55. The molecule has 0 bridgehead atoms. The fourth-order valence-corrected chi connectivity index (χ4v) is 5.46. The van der Waals surface area contributed by atoms with E-state index in [-0.39, 0.29) is 11.2 Å². The third-order valence-corrected chi connectivity index (χ3v) is 6.84. The number of aryl methyl sites for hydroxylation is 1. The molecule has 140 valence electrons. The zero-order chi connectivity index (χ0) is 18.8. The van der Waals surface area contributed by atoms with Crippen molar-refractivity contribution in [3.8, 4) is 5.75 Å². The molecule has 2 unspecified atom stereocenters. The molecule has 27 heavy (non-hydrogen) atoms. The van der Waals surface area contributed by atoms with E-state index in [1.807, 2.05) is 12.1 Å². The van der Waals surface area contributed by atoms with Crippen molar-refractivity contribution in [2.75, 3.05) is 20.1 Å². The number of fused-ring (bicyclic) bond motifs is 4. The van der Waals surface area contributed by atoms with Crippen LogP contribution in [0.25, 0.3) is 10.9 Å². The molecule has 0 amide bonds. The summed E-state index contributed by atoms with van der Waals surface area (Å²) in [5, 5.41) is 23.3. The van der Waals surface area contributed by atoms with Gasteiger partial charge in [-0.05, 0) is 61.8 Å². The number of aromatic amines is 1. The van der Waals surface area contributed by atoms with Crippen LogP contribution in [0.15, 0.2) is 42.5 Å². The number of aliphatic hydroxyl groups is 1. The lowest BCUT2D eigenvalue weighted by Crippen LogP contribution is -2.65. The van der Waals surface area contributed by atoms with Crippen molar-refractivity contribution >= 4 is 10.9 Å². The molecule has 2 aromatic carbocycles. The number of nitrogens with zero attached hydrogens (tertiary/aromatic N) is 1. The van der Waals surface area contributed by atoms with Crippen molar-refractivity contribution < 1.29 is 10.2 Å². The topological polar surface area (TPSA) is 59.5 Å². The summed E-state index contributed by atoms with van der Waals surface area (Å²) in [5.41, 5.74) is 4.66. The predicted molar refractivity (Wildman–Crippen MR) is 107 cm³/mol. The molecule has 0 radical (unpaired) electrons.